The molecule has 0 aliphatic carbocycles. The van der Waals surface area contributed by atoms with Crippen LogP contribution in [-0.4, -0.2) is 19.3 Å². The molecule has 0 saturated carbocycles. The lowest BCUT2D eigenvalue weighted by Gasteiger charge is -2.30. The van der Waals surface area contributed by atoms with Crippen LogP contribution in [0.2, 0.25) is 0 Å². The minimum Gasteiger partial charge on any atom is -0.375 e. The lowest BCUT2D eigenvalue weighted by atomic mass is 9.98. The van der Waals surface area contributed by atoms with E-state index in [0.717, 1.165) is 13.2 Å². The number of hydrogen-bond donors (Lipinski definition) is 1. The van der Waals surface area contributed by atoms with Crippen LogP contribution in [0.15, 0.2) is 24.3 Å². The quantitative estimate of drug-likeness (QED) is 0.863. The molecule has 0 amide bonds. The zero-order valence-corrected chi connectivity index (χ0v) is 10.9. The molecule has 0 radical (unpaired) electrons. The van der Waals surface area contributed by atoms with Crippen LogP contribution in [0.5, 0.6) is 0 Å². The maximum atomic E-state index is 5.68. The van der Waals surface area contributed by atoms with Gasteiger partial charge in [0, 0.05) is 6.54 Å². The Labute approximate surface area is 104 Å². The Morgan fingerprint density at radius 3 is 2.71 bits per heavy atom. The molecular formula is C15H23NO. The number of hydrogen-bond acceptors (Lipinski definition) is 2. The summed E-state index contributed by atoms with van der Waals surface area (Å²) in [4.78, 5) is 0. The van der Waals surface area contributed by atoms with Crippen molar-refractivity contribution >= 4 is 0 Å². The van der Waals surface area contributed by atoms with Gasteiger partial charge >= 0.3 is 0 Å². The molecule has 0 aromatic heterocycles. The second-order valence-electron chi connectivity index (χ2n) is 4.85. The first-order chi connectivity index (χ1) is 8.31. The maximum absolute atomic E-state index is 5.68. The van der Waals surface area contributed by atoms with E-state index in [9.17, 15) is 0 Å². The summed E-state index contributed by atoms with van der Waals surface area (Å²) in [5, 5.41) is 3.52. The van der Waals surface area contributed by atoms with E-state index >= 15 is 0 Å². The van der Waals surface area contributed by atoms with Crippen molar-refractivity contribution in [1.82, 2.24) is 5.32 Å². The van der Waals surface area contributed by atoms with E-state index in [-0.39, 0.29) is 6.10 Å². The van der Waals surface area contributed by atoms with Gasteiger partial charge in [-0.3, -0.25) is 0 Å². The number of aryl methyl sites for hydroxylation is 1. The fraction of sp³-hybridized carbons (Fsp3) is 0.600. The molecule has 1 aromatic carbocycles. The Hall–Kier alpha value is -0.860. The molecule has 1 saturated heterocycles. The number of benzene rings is 1. The van der Waals surface area contributed by atoms with Crippen LogP contribution in [0.1, 0.15) is 43.9 Å². The van der Waals surface area contributed by atoms with Crippen molar-refractivity contribution in [2.75, 3.05) is 13.2 Å². The summed E-state index contributed by atoms with van der Waals surface area (Å²) >= 11 is 0. The van der Waals surface area contributed by atoms with E-state index < -0.39 is 0 Å². The van der Waals surface area contributed by atoms with Crippen LogP contribution in [-0.2, 0) is 11.2 Å². The Bertz CT molecular complexity index is 333. The van der Waals surface area contributed by atoms with E-state index in [4.69, 9.17) is 4.74 Å². The molecule has 94 valence electrons. The van der Waals surface area contributed by atoms with Gasteiger partial charge in [0.15, 0.2) is 0 Å². The molecule has 0 spiro atoms. The molecule has 1 fully saturated rings. The standard InChI is InChI=1S/C15H23NO/c1-3-4-5-13-6-8-14(9-7-13)15-12(2)17-11-10-16-15/h6-9,12,15-16H,3-5,10-11H2,1-2H3. The summed E-state index contributed by atoms with van der Waals surface area (Å²) in [6.45, 7) is 6.15. The van der Waals surface area contributed by atoms with Gasteiger partial charge in [-0.2, -0.15) is 0 Å². The first-order valence-corrected chi connectivity index (χ1v) is 6.75. The highest BCUT2D eigenvalue weighted by atomic mass is 16.5. The van der Waals surface area contributed by atoms with Crippen molar-refractivity contribution in [3.05, 3.63) is 35.4 Å². The second kappa shape index (κ2) is 6.18. The van der Waals surface area contributed by atoms with Gasteiger partial charge in [-0.15, -0.1) is 0 Å². The van der Waals surface area contributed by atoms with Gasteiger partial charge < -0.3 is 10.1 Å². The Balaban J connectivity index is 2.01. The fourth-order valence-electron chi connectivity index (χ4n) is 2.38. The number of ether oxygens (including phenoxy) is 1. The topological polar surface area (TPSA) is 21.3 Å². The van der Waals surface area contributed by atoms with Crippen molar-refractivity contribution in [1.29, 1.82) is 0 Å². The van der Waals surface area contributed by atoms with Crippen molar-refractivity contribution < 1.29 is 4.74 Å². The predicted octanol–water partition coefficient (Wildman–Crippen LogP) is 3.08. The van der Waals surface area contributed by atoms with E-state index in [1.165, 1.54) is 30.4 Å². The third-order valence-corrected chi connectivity index (χ3v) is 3.47. The summed E-state index contributed by atoms with van der Waals surface area (Å²) in [7, 11) is 0. The summed E-state index contributed by atoms with van der Waals surface area (Å²) in [6.07, 6.45) is 4.00. The molecule has 1 aliphatic rings. The number of unbranched alkanes of at least 4 members (excludes halogenated alkanes) is 1. The van der Waals surface area contributed by atoms with Crippen LogP contribution in [0.25, 0.3) is 0 Å². The lowest BCUT2D eigenvalue weighted by Crippen LogP contribution is -2.40. The first kappa shape index (κ1) is 12.6. The third kappa shape index (κ3) is 3.30. The van der Waals surface area contributed by atoms with Gasteiger partial charge in [0.05, 0.1) is 18.8 Å². The number of morpholine rings is 1. The summed E-state index contributed by atoms with van der Waals surface area (Å²) < 4.78 is 5.68. The molecule has 2 atom stereocenters. The molecule has 2 heteroatoms. The van der Waals surface area contributed by atoms with Crippen LogP contribution < -0.4 is 5.32 Å². The van der Waals surface area contributed by atoms with Gasteiger partial charge in [0.2, 0.25) is 0 Å². The molecule has 2 unspecified atom stereocenters. The largest absolute Gasteiger partial charge is 0.375 e. The van der Waals surface area contributed by atoms with E-state index in [0.29, 0.717) is 6.04 Å². The fourth-order valence-corrected chi connectivity index (χ4v) is 2.38. The van der Waals surface area contributed by atoms with Gasteiger partial charge in [-0.1, -0.05) is 37.6 Å². The van der Waals surface area contributed by atoms with Crippen molar-refractivity contribution in [2.45, 2.75) is 45.3 Å². The molecule has 0 bridgehead atoms. The summed E-state index contributed by atoms with van der Waals surface area (Å²) in [5.41, 5.74) is 2.79. The molecule has 1 heterocycles. The molecular weight excluding hydrogens is 210 g/mol. The Morgan fingerprint density at radius 1 is 1.29 bits per heavy atom. The van der Waals surface area contributed by atoms with Gasteiger partial charge in [0.25, 0.3) is 0 Å². The zero-order valence-electron chi connectivity index (χ0n) is 10.9. The average Bonchev–Trinajstić information content (AvgIpc) is 2.38. The zero-order chi connectivity index (χ0) is 12.1. The van der Waals surface area contributed by atoms with E-state index in [1.807, 2.05) is 0 Å². The smallest absolute Gasteiger partial charge is 0.0742 e. The van der Waals surface area contributed by atoms with Crippen molar-refractivity contribution in [3.63, 3.8) is 0 Å². The van der Waals surface area contributed by atoms with Crippen molar-refractivity contribution in [2.24, 2.45) is 0 Å². The number of nitrogens with one attached hydrogen (secondary N) is 1. The van der Waals surface area contributed by atoms with Crippen LogP contribution in [0.3, 0.4) is 0 Å². The summed E-state index contributed by atoms with van der Waals surface area (Å²) in [5.74, 6) is 0. The predicted molar refractivity (Wildman–Crippen MR) is 71.2 cm³/mol. The van der Waals surface area contributed by atoms with Gasteiger partial charge in [-0.25, -0.2) is 0 Å². The molecule has 1 aromatic rings. The van der Waals surface area contributed by atoms with Crippen LogP contribution in [0, 0.1) is 0 Å². The van der Waals surface area contributed by atoms with E-state index in [1.54, 1.807) is 0 Å². The highest BCUT2D eigenvalue weighted by Gasteiger charge is 2.22. The van der Waals surface area contributed by atoms with E-state index in [2.05, 4.69) is 43.4 Å². The highest BCUT2D eigenvalue weighted by Crippen LogP contribution is 2.22. The van der Waals surface area contributed by atoms with Gasteiger partial charge in [0.1, 0.15) is 0 Å². The SMILES string of the molecule is CCCCc1ccc(C2NCCOC2C)cc1. The Morgan fingerprint density at radius 2 is 2.06 bits per heavy atom. The molecule has 17 heavy (non-hydrogen) atoms. The average molecular weight is 233 g/mol. The maximum Gasteiger partial charge on any atom is 0.0742 e. The minimum absolute atomic E-state index is 0.269. The molecule has 2 nitrogen and oxygen atoms in total. The minimum atomic E-state index is 0.269. The van der Waals surface area contributed by atoms with Crippen LogP contribution in [0.4, 0.5) is 0 Å². The monoisotopic (exact) mass is 233 g/mol. The highest BCUT2D eigenvalue weighted by molar-refractivity contribution is 5.26. The second-order valence-corrected chi connectivity index (χ2v) is 4.85. The molecule has 1 N–H and O–H groups in total. The lowest BCUT2D eigenvalue weighted by molar-refractivity contribution is 0.00756. The normalized spacial score (nSPS) is 24.8. The summed E-state index contributed by atoms with van der Waals surface area (Å²) in [6, 6.07) is 9.35. The Kier molecular flexibility index (Phi) is 4.57. The third-order valence-electron chi connectivity index (χ3n) is 3.47. The van der Waals surface area contributed by atoms with Crippen molar-refractivity contribution in [3.8, 4) is 0 Å². The number of rotatable bonds is 4. The first-order valence-electron chi connectivity index (χ1n) is 6.75. The molecule has 2 rings (SSSR count). The molecule has 1 aliphatic heterocycles. The van der Waals surface area contributed by atoms with Crippen LogP contribution >= 0.6 is 0 Å². The van der Waals surface area contributed by atoms with Gasteiger partial charge in [-0.05, 0) is 30.9 Å².